The molecule has 3 amide bonds. The summed E-state index contributed by atoms with van der Waals surface area (Å²) in [5.74, 6) is -5.93. The molecule has 1 aromatic rings. The molecule has 1 aromatic carbocycles. The number of nitrogens with two attached hydrogens (primary N) is 1. The van der Waals surface area contributed by atoms with Gasteiger partial charge in [-0.3, -0.25) is 24.0 Å². The molecule has 1 saturated heterocycles. The van der Waals surface area contributed by atoms with Crippen LogP contribution in [-0.2, 0) is 35.2 Å². The van der Waals surface area contributed by atoms with Gasteiger partial charge in [0.1, 0.15) is 18.1 Å². The van der Waals surface area contributed by atoms with Crippen molar-refractivity contribution in [2.24, 2.45) is 5.73 Å². The Kier molecular flexibility index (Phi) is 11.0. The molecule has 0 aliphatic carbocycles. The number of carbonyl (C=O) groups is 6. The monoisotopic (exact) mass is 520 g/mol. The van der Waals surface area contributed by atoms with Crippen LogP contribution in [0.4, 0.5) is 0 Å². The lowest BCUT2D eigenvalue weighted by Crippen LogP contribution is -2.57. The highest BCUT2D eigenvalue weighted by Crippen LogP contribution is 2.20. The van der Waals surface area contributed by atoms with Crippen molar-refractivity contribution in [2.75, 3.05) is 6.54 Å². The minimum absolute atomic E-state index is 0.138. The maximum atomic E-state index is 13.3. The van der Waals surface area contributed by atoms with Gasteiger partial charge in [-0.05, 0) is 37.7 Å². The van der Waals surface area contributed by atoms with Crippen molar-refractivity contribution in [3.63, 3.8) is 0 Å². The molecule has 4 unspecified atom stereocenters. The summed E-state index contributed by atoms with van der Waals surface area (Å²) in [6.45, 7) is 0.138. The number of rotatable bonds is 14. The minimum atomic E-state index is -1.46. The number of hydrogen-bond acceptors (Lipinski definition) is 7. The summed E-state index contributed by atoms with van der Waals surface area (Å²) in [4.78, 5) is 73.5. The van der Waals surface area contributed by atoms with Gasteiger partial charge in [-0.25, -0.2) is 4.79 Å². The van der Waals surface area contributed by atoms with Crippen molar-refractivity contribution >= 4 is 35.6 Å². The first kappa shape index (κ1) is 29.2. The van der Waals surface area contributed by atoms with E-state index in [0.29, 0.717) is 6.42 Å². The number of nitrogens with zero attached hydrogens (tertiary/aromatic N) is 1. The zero-order valence-electron chi connectivity index (χ0n) is 20.2. The second-order valence-corrected chi connectivity index (χ2v) is 8.81. The second kappa shape index (κ2) is 13.9. The van der Waals surface area contributed by atoms with Crippen molar-refractivity contribution in [1.29, 1.82) is 0 Å². The predicted octanol–water partition coefficient (Wildman–Crippen LogP) is -0.669. The first-order chi connectivity index (χ1) is 17.5. The highest BCUT2D eigenvalue weighted by atomic mass is 16.4. The summed E-state index contributed by atoms with van der Waals surface area (Å²) in [7, 11) is 0. The van der Waals surface area contributed by atoms with Gasteiger partial charge in [-0.2, -0.15) is 0 Å². The number of likely N-dealkylation sites (tertiary alicyclic amines) is 1. The molecule has 202 valence electrons. The third-order valence-corrected chi connectivity index (χ3v) is 6.00. The van der Waals surface area contributed by atoms with Crippen LogP contribution in [-0.4, -0.2) is 86.6 Å². The van der Waals surface area contributed by atoms with Crippen LogP contribution >= 0.6 is 0 Å². The van der Waals surface area contributed by atoms with E-state index in [1.54, 1.807) is 24.3 Å². The van der Waals surface area contributed by atoms with E-state index in [4.69, 9.17) is 15.9 Å². The number of amides is 3. The molecule has 13 heteroatoms. The van der Waals surface area contributed by atoms with Gasteiger partial charge in [0.2, 0.25) is 17.7 Å². The summed E-state index contributed by atoms with van der Waals surface area (Å²) >= 11 is 0. The van der Waals surface area contributed by atoms with Gasteiger partial charge < -0.3 is 36.6 Å². The normalized spacial score (nSPS) is 17.3. The number of hydrogen-bond donors (Lipinski definition) is 6. The van der Waals surface area contributed by atoms with Crippen molar-refractivity contribution in [3.8, 4) is 0 Å². The van der Waals surface area contributed by atoms with Gasteiger partial charge in [0.25, 0.3) is 0 Å². The zero-order chi connectivity index (χ0) is 27.5. The fraction of sp³-hybridized carbons (Fsp3) is 0.500. The van der Waals surface area contributed by atoms with Crippen molar-refractivity contribution in [2.45, 2.75) is 69.1 Å². The van der Waals surface area contributed by atoms with Gasteiger partial charge >= 0.3 is 17.9 Å². The maximum Gasteiger partial charge on any atom is 0.326 e. The highest BCUT2D eigenvalue weighted by molar-refractivity contribution is 5.94. The average Bonchev–Trinajstić information content (AvgIpc) is 3.34. The van der Waals surface area contributed by atoms with E-state index in [0.717, 1.165) is 5.56 Å². The summed E-state index contributed by atoms with van der Waals surface area (Å²) in [6.07, 6.45) is -0.649. The lowest BCUT2D eigenvalue weighted by Gasteiger charge is -2.29. The Balaban J connectivity index is 2.11. The molecule has 0 aromatic heterocycles. The molecule has 0 spiro atoms. The van der Waals surface area contributed by atoms with Gasteiger partial charge in [-0.1, -0.05) is 30.3 Å². The van der Waals surface area contributed by atoms with Gasteiger partial charge in [0.15, 0.2) is 0 Å². The third-order valence-electron chi connectivity index (χ3n) is 6.00. The van der Waals surface area contributed by atoms with E-state index in [1.807, 2.05) is 6.07 Å². The van der Waals surface area contributed by atoms with Crippen molar-refractivity contribution < 1.29 is 44.1 Å². The number of carboxylic acid groups (broad SMARTS) is 3. The quantitative estimate of drug-likeness (QED) is 0.182. The number of benzene rings is 1. The Bertz CT molecular complexity index is 1000. The van der Waals surface area contributed by atoms with E-state index in [2.05, 4.69) is 10.6 Å². The predicted molar refractivity (Wildman–Crippen MR) is 128 cm³/mol. The van der Waals surface area contributed by atoms with Crippen LogP contribution < -0.4 is 16.4 Å². The first-order valence-corrected chi connectivity index (χ1v) is 11.9. The molecule has 13 nitrogen and oxygen atoms in total. The largest absolute Gasteiger partial charge is 0.481 e. The Hall–Kier alpha value is -4.00. The average molecular weight is 521 g/mol. The smallest absolute Gasteiger partial charge is 0.326 e. The lowest BCUT2D eigenvalue weighted by atomic mass is 10.0. The number of aliphatic carboxylic acids is 3. The Labute approximate surface area is 213 Å². The topological polar surface area (TPSA) is 216 Å². The molecule has 1 heterocycles. The molecule has 0 bridgehead atoms. The van der Waals surface area contributed by atoms with Crippen LogP contribution in [0.5, 0.6) is 0 Å². The van der Waals surface area contributed by atoms with Crippen LogP contribution in [0.3, 0.4) is 0 Å². The molecular weight excluding hydrogens is 488 g/mol. The number of nitrogens with one attached hydrogen (secondary N) is 2. The van der Waals surface area contributed by atoms with E-state index in [9.17, 15) is 33.9 Å². The third kappa shape index (κ3) is 9.18. The zero-order valence-corrected chi connectivity index (χ0v) is 20.2. The number of carboxylic acids is 3. The summed E-state index contributed by atoms with van der Waals surface area (Å²) in [6, 6.07) is 4.17. The molecule has 4 atom stereocenters. The van der Waals surface area contributed by atoms with Crippen LogP contribution in [0.2, 0.25) is 0 Å². The molecule has 2 rings (SSSR count). The standard InChI is InChI=1S/C24H32N4O9/c25-15(13-14-5-2-1-3-6-14)21(33)26-16(8-10-19(29)30)23(35)28-12-4-7-18(28)22(34)27-17(24(36)37)9-11-20(31)32/h1-3,5-6,15-18H,4,7-13,25H2,(H,26,33)(H,27,34)(H,29,30)(H,31,32)(H,36,37). The first-order valence-electron chi connectivity index (χ1n) is 11.9. The van der Waals surface area contributed by atoms with E-state index in [1.165, 1.54) is 4.90 Å². The molecule has 1 aliphatic rings. The molecule has 37 heavy (non-hydrogen) atoms. The minimum Gasteiger partial charge on any atom is -0.481 e. The Morgan fingerprint density at radius 1 is 0.919 bits per heavy atom. The van der Waals surface area contributed by atoms with Gasteiger partial charge in [0, 0.05) is 19.4 Å². The van der Waals surface area contributed by atoms with Crippen LogP contribution in [0.15, 0.2) is 30.3 Å². The van der Waals surface area contributed by atoms with E-state index < -0.39 is 72.6 Å². The molecule has 7 N–H and O–H groups in total. The summed E-state index contributed by atoms with van der Waals surface area (Å²) in [5, 5.41) is 32.0. The van der Waals surface area contributed by atoms with Crippen LogP contribution in [0.25, 0.3) is 0 Å². The van der Waals surface area contributed by atoms with E-state index >= 15 is 0 Å². The SMILES string of the molecule is NC(Cc1ccccc1)C(=O)NC(CCC(=O)O)C(=O)N1CCCC1C(=O)NC(CCC(=O)O)C(=O)O. The van der Waals surface area contributed by atoms with Crippen molar-refractivity contribution in [1.82, 2.24) is 15.5 Å². The summed E-state index contributed by atoms with van der Waals surface area (Å²) in [5.41, 5.74) is 6.80. The molecule has 1 fully saturated rings. The van der Waals surface area contributed by atoms with Crippen molar-refractivity contribution in [3.05, 3.63) is 35.9 Å². The Morgan fingerprint density at radius 2 is 1.51 bits per heavy atom. The molecule has 0 saturated carbocycles. The van der Waals surface area contributed by atoms with Crippen LogP contribution in [0.1, 0.15) is 44.1 Å². The summed E-state index contributed by atoms with van der Waals surface area (Å²) < 4.78 is 0. The Morgan fingerprint density at radius 3 is 2.08 bits per heavy atom. The van der Waals surface area contributed by atoms with Crippen LogP contribution in [0, 0.1) is 0 Å². The maximum absolute atomic E-state index is 13.3. The van der Waals surface area contributed by atoms with Gasteiger partial charge in [-0.15, -0.1) is 0 Å². The molecule has 1 aliphatic heterocycles. The number of carbonyl (C=O) groups excluding carboxylic acids is 3. The fourth-order valence-corrected chi connectivity index (χ4v) is 4.06. The highest BCUT2D eigenvalue weighted by Gasteiger charge is 2.39. The molecule has 0 radical (unpaired) electrons. The van der Waals surface area contributed by atoms with Gasteiger partial charge in [0.05, 0.1) is 6.04 Å². The second-order valence-electron chi connectivity index (χ2n) is 8.81. The molecular formula is C24H32N4O9. The van der Waals surface area contributed by atoms with E-state index in [-0.39, 0.29) is 32.2 Å². The fourth-order valence-electron chi connectivity index (χ4n) is 4.06. The lowest BCUT2D eigenvalue weighted by molar-refractivity contribution is -0.145.